The van der Waals surface area contributed by atoms with Gasteiger partial charge < -0.3 is 19.8 Å². The van der Waals surface area contributed by atoms with Crippen LogP contribution < -0.4 is 15.4 Å². The molecular weight excluding hydrogens is 491 g/mol. The summed E-state index contributed by atoms with van der Waals surface area (Å²) >= 11 is 12.2. The van der Waals surface area contributed by atoms with Crippen LogP contribution in [-0.4, -0.2) is 23.4 Å². The van der Waals surface area contributed by atoms with Gasteiger partial charge in [-0.25, -0.2) is 0 Å². The number of anilines is 2. The number of carbonyl (C=O) groups is 2. The van der Waals surface area contributed by atoms with Gasteiger partial charge in [0.15, 0.2) is 11.3 Å². The second-order valence-electron chi connectivity index (χ2n) is 7.70. The number of benzene rings is 2. The van der Waals surface area contributed by atoms with Gasteiger partial charge in [-0.15, -0.1) is 0 Å². The molecule has 2 aromatic carbocycles. The van der Waals surface area contributed by atoms with Crippen molar-refractivity contribution in [3.63, 3.8) is 0 Å². The van der Waals surface area contributed by atoms with Gasteiger partial charge in [-0.05, 0) is 43.2 Å². The summed E-state index contributed by atoms with van der Waals surface area (Å²) in [4.78, 5) is 29.3. The highest BCUT2D eigenvalue weighted by molar-refractivity contribution is 6.40. The van der Waals surface area contributed by atoms with Gasteiger partial charge in [0.1, 0.15) is 5.58 Å². The first kappa shape index (κ1) is 22.4. The molecule has 0 bridgehead atoms. The van der Waals surface area contributed by atoms with Crippen molar-refractivity contribution in [1.82, 2.24) is 4.98 Å². The van der Waals surface area contributed by atoms with Crippen molar-refractivity contribution in [3.8, 4) is 5.75 Å². The third kappa shape index (κ3) is 4.24. The Balaban J connectivity index is 1.63. The van der Waals surface area contributed by atoms with Crippen LogP contribution in [0.1, 0.15) is 23.2 Å². The number of carbonyl (C=O) groups excluding carboxylic acids is 2. The molecule has 7 nitrogen and oxygen atoms in total. The number of nitrogens with zero attached hydrogens (tertiary/aromatic N) is 1. The average molecular weight is 506 g/mol. The zero-order valence-electron chi connectivity index (χ0n) is 17.2. The molecule has 2 heterocycles. The van der Waals surface area contributed by atoms with Crippen LogP contribution in [0.2, 0.25) is 10.0 Å². The van der Waals surface area contributed by atoms with Crippen LogP contribution in [0, 0.1) is 5.92 Å². The van der Waals surface area contributed by atoms with Crippen LogP contribution in [0.15, 0.2) is 47.1 Å². The lowest BCUT2D eigenvalue weighted by Gasteiger charge is -2.11. The third-order valence-corrected chi connectivity index (χ3v) is 5.92. The van der Waals surface area contributed by atoms with Crippen LogP contribution in [0.3, 0.4) is 0 Å². The number of halogens is 4. The van der Waals surface area contributed by atoms with E-state index in [1.165, 1.54) is 24.5 Å². The van der Waals surface area contributed by atoms with Crippen molar-refractivity contribution < 1.29 is 27.5 Å². The number of amides is 2. The molecule has 0 atom stereocenters. The Bertz CT molecular complexity index is 1430. The average Bonchev–Trinajstić information content (AvgIpc) is 3.57. The molecule has 11 heteroatoms. The quantitative estimate of drug-likeness (QED) is 0.312. The van der Waals surface area contributed by atoms with Crippen LogP contribution in [0.4, 0.5) is 20.2 Å². The molecule has 0 saturated heterocycles. The summed E-state index contributed by atoms with van der Waals surface area (Å²) in [7, 11) is 0. The van der Waals surface area contributed by atoms with Crippen LogP contribution in [0.25, 0.3) is 21.9 Å². The van der Waals surface area contributed by atoms with E-state index < -0.39 is 12.5 Å². The smallest absolute Gasteiger partial charge is 0.387 e. The molecule has 1 aliphatic rings. The molecule has 0 aliphatic heterocycles. The molecule has 1 aliphatic carbocycles. The van der Waals surface area contributed by atoms with E-state index in [1.807, 2.05) is 0 Å². The van der Waals surface area contributed by atoms with E-state index in [9.17, 15) is 18.4 Å². The first-order chi connectivity index (χ1) is 16.3. The van der Waals surface area contributed by atoms with Gasteiger partial charge in [0.25, 0.3) is 5.91 Å². The Hall–Kier alpha value is -3.43. The summed E-state index contributed by atoms with van der Waals surface area (Å²) in [5.41, 5.74) is 1.01. The SMILES string of the molecule is O=C(Nc1c(Cl)cncc1Cl)c1ccc(OC(F)F)c2oc3ccc(NC(=O)C4CC4)cc3c12. The Morgan fingerprint density at radius 3 is 2.50 bits per heavy atom. The number of ether oxygens (including phenoxy) is 1. The normalized spacial score (nSPS) is 13.4. The van der Waals surface area contributed by atoms with E-state index in [1.54, 1.807) is 18.2 Å². The van der Waals surface area contributed by atoms with Crippen molar-refractivity contribution in [1.29, 1.82) is 0 Å². The summed E-state index contributed by atoms with van der Waals surface area (Å²) in [5.74, 6) is -0.965. The predicted molar refractivity (Wildman–Crippen MR) is 124 cm³/mol. The predicted octanol–water partition coefficient (Wildman–Crippen LogP) is 6.49. The Morgan fingerprint density at radius 2 is 1.82 bits per heavy atom. The van der Waals surface area contributed by atoms with Gasteiger partial charge in [-0.2, -0.15) is 8.78 Å². The number of rotatable bonds is 6. The van der Waals surface area contributed by atoms with Gasteiger partial charge in [0, 0.05) is 34.8 Å². The lowest BCUT2D eigenvalue weighted by Crippen LogP contribution is -2.14. The Kier molecular flexibility index (Phi) is 5.75. The number of hydrogen-bond donors (Lipinski definition) is 2. The fraction of sp³-hybridized carbons (Fsp3) is 0.174. The second kappa shape index (κ2) is 8.73. The summed E-state index contributed by atoms with van der Waals surface area (Å²) in [5, 5.41) is 6.36. The Morgan fingerprint density at radius 1 is 1.09 bits per heavy atom. The molecule has 1 saturated carbocycles. The minimum Gasteiger partial charge on any atom is -0.452 e. The second-order valence-corrected chi connectivity index (χ2v) is 8.52. The van der Waals surface area contributed by atoms with Crippen LogP contribution in [0.5, 0.6) is 5.75 Å². The van der Waals surface area contributed by atoms with E-state index in [4.69, 9.17) is 27.6 Å². The number of aromatic nitrogens is 1. The fourth-order valence-electron chi connectivity index (χ4n) is 3.61. The van der Waals surface area contributed by atoms with Crippen molar-refractivity contribution >= 4 is 68.3 Å². The van der Waals surface area contributed by atoms with Gasteiger partial charge in [0.2, 0.25) is 5.91 Å². The van der Waals surface area contributed by atoms with E-state index in [0.29, 0.717) is 16.7 Å². The van der Waals surface area contributed by atoms with Gasteiger partial charge in [-0.1, -0.05) is 23.2 Å². The highest BCUT2D eigenvalue weighted by atomic mass is 35.5. The lowest BCUT2D eigenvalue weighted by molar-refractivity contribution is -0.117. The first-order valence-corrected chi connectivity index (χ1v) is 10.9. The van der Waals surface area contributed by atoms with Gasteiger partial charge >= 0.3 is 6.61 Å². The number of furan rings is 1. The summed E-state index contributed by atoms with van der Waals surface area (Å²) in [6, 6.07) is 7.40. The summed E-state index contributed by atoms with van der Waals surface area (Å²) in [6.07, 6.45) is 4.31. The zero-order chi connectivity index (χ0) is 24.0. The lowest BCUT2D eigenvalue weighted by atomic mass is 10.0. The van der Waals surface area contributed by atoms with E-state index >= 15 is 0 Å². The number of pyridine rings is 1. The zero-order valence-corrected chi connectivity index (χ0v) is 18.7. The maximum absolute atomic E-state index is 13.2. The van der Waals surface area contributed by atoms with Crippen molar-refractivity contribution in [3.05, 3.63) is 58.3 Å². The Labute approximate surface area is 201 Å². The minimum atomic E-state index is -3.10. The molecule has 0 unspecified atom stereocenters. The summed E-state index contributed by atoms with van der Waals surface area (Å²) < 4.78 is 36.4. The molecule has 174 valence electrons. The van der Waals surface area contributed by atoms with E-state index in [2.05, 4.69) is 20.4 Å². The highest BCUT2D eigenvalue weighted by Gasteiger charge is 2.30. The third-order valence-electron chi connectivity index (χ3n) is 5.35. The molecule has 2 N–H and O–H groups in total. The molecule has 4 aromatic rings. The van der Waals surface area contributed by atoms with Crippen LogP contribution >= 0.6 is 23.2 Å². The topological polar surface area (TPSA) is 93.5 Å². The monoisotopic (exact) mass is 505 g/mol. The fourth-order valence-corrected chi connectivity index (χ4v) is 4.07. The number of fused-ring (bicyclic) bond motifs is 3. The number of alkyl halides is 2. The molecule has 2 amide bonds. The van der Waals surface area contributed by atoms with Crippen LogP contribution in [-0.2, 0) is 4.79 Å². The number of nitrogens with one attached hydrogen (secondary N) is 2. The van der Waals surface area contributed by atoms with Crippen molar-refractivity contribution in [2.75, 3.05) is 10.6 Å². The molecule has 34 heavy (non-hydrogen) atoms. The molecule has 0 radical (unpaired) electrons. The summed E-state index contributed by atoms with van der Waals surface area (Å²) in [6.45, 7) is -3.10. The minimum absolute atomic E-state index is 0.0148. The van der Waals surface area contributed by atoms with E-state index in [0.717, 1.165) is 12.8 Å². The van der Waals surface area contributed by atoms with E-state index in [-0.39, 0.29) is 49.8 Å². The van der Waals surface area contributed by atoms with Crippen molar-refractivity contribution in [2.24, 2.45) is 5.92 Å². The van der Waals surface area contributed by atoms with Gasteiger partial charge in [0.05, 0.1) is 21.3 Å². The molecule has 2 aromatic heterocycles. The highest BCUT2D eigenvalue weighted by Crippen LogP contribution is 2.40. The molecule has 1 fully saturated rings. The number of hydrogen-bond acceptors (Lipinski definition) is 5. The molecular formula is C23H15Cl2F2N3O4. The van der Waals surface area contributed by atoms with Gasteiger partial charge in [-0.3, -0.25) is 14.6 Å². The molecule has 5 rings (SSSR count). The maximum Gasteiger partial charge on any atom is 0.387 e. The maximum atomic E-state index is 13.2. The molecule has 0 spiro atoms. The first-order valence-electron chi connectivity index (χ1n) is 10.2. The standard InChI is InChI=1S/C23H15Cl2F2N3O4/c24-14-8-28-9-15(25)19(14)30-22(32)12-4-6-17(34-23(26)27)20-18(12)13-7-11(3-5-16(13)33-20)29-21(31)10-1-2-10/h3-10,23H,1-2H2,(H,29,31)(H,28,30,32). The van der Waals surface area contributed by atoms with Crippen molar-refractivity contribution in [2.45, 2.75) is 19.5 Å². The largest absolute Gasteiger partial charge is 0.452 e.